The molecule has 6 heteroatoms. The molecule has 0 heterocycles. The molecule has 22 heavy (non-hydrogen) atoms. The molecule has 0 aliphatic carbocycles. The molecule has 2 aromatic carbocycles. The Morgan fingerprint density at radius 3 is 2.41 bits per heavy atom. The first-order valence-corrected chi connectivity index (χ1v) is 6.55. The number of hydrogen-bond acceptors (Lipinski definition) is 3. The van der Waals surface area contributed by atoms with Crippen LogP contribution in [0.15, 0.2) is 42.5 Å². The van der Waals surface area contributed by atoms with Crippen molar-refractivity contribution < 1.29 is 23.1 Å². The van der Waals surface area contributed by atoms with E-state index in [9.17, 15) is 18.4 Å². The number of halogens is 2. The van der Waals surface area contributed by atoms with E-state index in [4.69, 9.17) is 4.74 Å². The maximum Gasteiger partial charge on any atom is 0.338 e. The van der Waals surface area contributed by atoms with Gasteiger partial charge in [-0.25, -0.2) is 13.6 Å². The second-order valence-corrected chi connectivity index (χ2v) is 4.38. The van der Waals surface area contributed by atoms with Crippen LogP contribution < -0.4 is 5.32 Å². The molecular weight excluding hydrogens is 292 g/mol. The van der Waals surface area contributed by atoms with Crippen LogP contribution in [0.25, 0.3) is 0 Å². The Morgan fingerprint density at radius 2 is 1.77 bits per heavy atom. The number of carbonyl (C=O) groups is 2. The maximum atomic E-state index is 13.5. The van der Waals surface area contributed by atoms with Crippen molar-refractivity contribution in [3.8, 4) is 0 Å². The minimum atomic E-state index is -0.818. The Hall–Kier alpha value is -2.76. The molecule has 1 amide bonds. The molecule has 114 valence electrons. The highest BCUT2D eigenvalue weighted by Gasteiger charge is 2.13. The lowest BCUT2D eigenvalue weighted by Crippen LogP contribution is -2.14. The van der Waals surface area contributed by atoms with Crippen molar-refractivity contribution >= 4 is 17.6 Å². The summed E-state index contributed by atoms with van der Waals surface area (Å²) in [4.78, 5) is 23.4. The molecule has 1 N–H and O–H groups in total. The molecule has 0 atom stereocenters. The van der Waals surface area contributed by atoms with Crippen molar-refractivity contribution in [3.63, 3.8) is 0 Å². The molecule has 0 unspecified atom stereocenters. The fourth-order valence-electron chi connectivity index (χ4n) is 1.77. The van der Waals surface area contributed by atoms with Gasteiger partial charge in [0.2, 0.25) is 0 Å². The first-order valence-electron chi connectivity index (χ1n) is 6.55. The zero-order valence-corrected chi connectivity index (χ0v) is 11.7. The molecule has 0 fully saturated rings. The van der Waals surface area contributed by atoms with E-state index in [0.717, 1.165) is 18.2 Å². The predicted molar refractivity (Wildman–Crippen MR) is 76.7 cm³/mol. The minimum Gasteiger partial charge on any atom is -0.462 e. The number of rotatable bonds is 4. The highest BCUT2D eigenvalue weighted by atomic mass is 19.1. The monoisotopic (exact) mass is 305 g/mol. The van der Waals surface area contributed by atoms with Crippen molar-refractivity contribution in [3.05, 3.63) is 65.2 Å². The molecule has 0 radical (unpaired) electrons. The molecule has 0 aromatic heterocycles. The van der Waals surface area contributed by atoms with Crippen molar-refractivity contribution in [2.75, 3.05) is 11.9 Å². The number of amides is 1. The number of ether oxygens (including phenoxy) is 1. The van der Waals surface area contributed by atoms with Crippen LogP contribution in [0.2, 0.25) is 0 Å². The normalized spacial score (nSPS) is 10.1. The zero-order valence-electron chi connectivity index (χ0n) is 11.7. The van der Waals surface area contributed by atoms with Gasteiger partial charge in [-0.2, -0.15) is 0 Å². The SMILES string of the molecule is CCOC(=O)c1ccc(NC(=O)c2cc(F)ccc2F)cc1. The Kier molecular flexibility index (Phi) is 4.83. The van der Waals surface area contributed by atoms with Crippen LogP contribution in [0.1, 0.15) is 27.6 Å². The van der Waals surface area contributed by atoms with Gasteiger partial charge in [0.25, 0.3) is 5.91 Å². The summed E-state index contributed by atoms with van der Waals surface area (Å²) in [5, 5.41) is 2.43. The Morgan fingerprint density at radius 1 is 1.09 bits per heavy atom. The van der Waals surface area contributed by atoms with Crippen LogP contribution in [-0.2, 0) is 4.74 Å². The summed E-state index contributed by atoms with van der Waals surface area (Å²) in [6.45, 7) is 1.95. The number of benzene rings is 2. The van der Waals surface area contributed by atoms with Gasteiger partial charge in [0.1, 0.15) is 11.6 Å². The van der Waals surface area contributed by atoms with E-state index in [0.29, 0.717) is 11.3 Å². The van der Waals surface area contributed by atoms with Gasteiger partial charge in [-0.05, 0) is 49.4 Å². The van der Waals surface area contributed by atoms with E-state index in [1.807, 2.05) is 0 Å². The van der Waals surface area contributed by atoms with Gasteiger partial charge < -0.3 is 10.1 Å². The first kappa shape index (κ1) is 15.6. The summed E-state index contributed by atoms with van der Waals surface area (Å²) in [5.41, 5.74) is 0.285. The van der Waals surface area contributed by atoms with Gasteiger partial charge in [0.15, 0.2) is 0 Å². The first-order chi connectivity index (χ1) is 10.5. The van der Waals surface area contributed by atoms with E-state index in [1.54, 1.807) is 6.92 Å². The zero-order chi connectivity index (χ0) is 16.1. The third-order valence-electron chi connectivity index (χ3n) is 2.83. The second-order valence-electron chi connectivity index (χ2n) is 4.38. The lowest BCUT2D eigenvalue weighted by Gasteiger charge is -2.07. The Bertz CT molecular complexity index is 699. The largest absolute Gasteiger partial charge is 0.462 e. The van der Waals surface area contributed by atoms with E-state index < -0.39 is 29.1 Å². The van der Waals surface area contributed by atoms with Crippen molar-refractivity contribution in [1.82, 2.24) is 0 Å². The summed E-state index contributed by atoms with van der Waals surface area (Å²) < 4.78 is 31.4. The predicted octanol–water partition coefficient (Wildman–Crippen LogP) is 3.39. The van der Waals surface area contributed by atoms with Gasteiger partial charge in [-0.1, -0.05) is 0 Å². The molecule has 0 saturated heterocycles. The quantitative estimate of drug-likeness (QED) is 0.881. The van der Waals surface area contributed by atoms with E-state index in [-0.39, 0.29) is 6.61 Å². The van der Waals surface area contributed by atoms with Crippen molar-refractivity contribution in [1.29, 1.82) is 0 Å². The molecule has 0 aliphatic heterocycles. The number of esters is 1. The smallest absolute Gasteiger partial charge is 0.338 e. The molecule has 0 spiro atoms. The summed E-state index contributed by atoms with van der Waals surface area (Å²) in [6, 6.07) is 8.51. The molecule has 0 aliphatic rings. The summed E-state index contributed by atoms with van der Waals surface area (Å²) >= 11 is 0. The molecule has 0 saturated carbocycles. The lowest BCUT2D eigenvalue weighted by molar-refractivity contribution is 0.0526. The average molecular weight is 305 g/mol. The minimum absolute atomic E-state index is 0.260. The van der Waals surface area contributed by atoms with Crippen LogP contribution in [0.4, 0.5) is 14.5 Å². The third kappa shape index (κ3) is 3.66. The van der Waals surface area contributed by atoms with E-state index in [1.165, 1.54) is 24.3 Å². The highest BCUT2D eigenvalue weighted by molar-refractivity contribution is 6.04. The second kappa shape index (κ2) is 6.80. The molecule has 4 nitrogen and oxygen atoms in total. The fraction of sp³-hybridized carbons (Fsp3) is 0.125. The van der Waals surface area contributed by atoms with Crippen molar-refractivity contribution in [2.24, 2.45) is 0 Å². The van der Waals surface area contributed by atoms with E-state index in [2.05, 4.69) is 5.32 Å². The van der Waals surface area contributed by atoms with E-state index >= 15 is 0 Å². The van der Waals surface area contributed by atoms with Gasteiger partial charge in [0.05, 0.1) is 17.7 Å². The van der Waals surface area contributed by atoms with Gasteiger partial charge in [-0.15, -0.1) is 0 Å². The fourth-order valence-corrected chi connectivity index (χ4v) is 1.77. The van der Waals surface area contributed by atoms with Crippen LogP contribution in [-0.4, -0.2) is 18.5 Å². The van der Waals surface area contributed by atoms with Gasteiger partial charge >= 0.3 is 5.97 Å². The summed E-state index contributed by atoms with van der Waals surface area (Å²) in [5.74, 6) is -2.77. The molecular formula is C16H13F2NO3. The molecule has 2 rings (SSSR count). The molecule has 2 aromatic rings. The maximum absolute atomic E-state index is 13.5. The standard InChI is InChI=1S/C16H13F2NO3/c1-2-22-16(21)10-3-6-12(7-4-10)19-15(20)13-9-11(17)5-8-14(13)18/h3-9H,2H2,1H3,(H,19,20). The average Bonchev–Trinajstić information content (AvgIpc) is 2.50. The van der Waals surface area contributed by atoms with Crippen LogP contribution >= 0.6 is 0 Å². The van der Waals surface area contributed by atoms with Crippen LogP contribution in [0.3, 0.4) is 0 Å². The number of anilines is 1. The van der Waals surface area contributed by atoms with Gasteiger partial charge in [0, 0.05) is 5.69 Å². The van der Waals surface area contributed by atoms with Crippen molar-refractivity contribution in [2.45, 2.75) is 6.92 Å². The topological polar surface area (TPSA) is 55.4 Å². The number of nitrogens with one attached hydrogen (secondary N) is 1. The lowest BCUT2D eigenvalue weighted by atomic mass is 10.1. The highest BCUT2D eigenvalue weighted by Crippen LogP contribution is 2.15. The van der Waals surface area contributed by atoms with Gasteiger partial charge in [-0.3, -0.25) is 4.79 Å². The number of hydrogen-bond donors (Lipinski definition) is 1. The third-order valence-corrected chi connectivity index (χ3v) is 2.83. The summed E-state index contributed by atoms with van der Waals surface area (Å²) in [6.07, 6.45) is 0. The Balaban J connectivity index is 2.12. The molecule has 0 bridgehead atoms. The Labute approximate surface area is 125 Å². The van der Waals surface area contributed by atoms with Crippen LogP contribution in [0, 0.1) is 11.6 Å². The number of carbonyl (C=O) groups excluding carboxylic acids is 2. The summed E-state index contributed by atoms with van der Waals surface area (Å²) in [7, 11) is 0. The van der Waals surface area contributed by atoms with Crippen LogP contribution in [0.5, 0.6) is 0 Å².